The Hall–Kier alpha value is -2.07. The highest BCUT2D eigenvalue weighted by Crippen LogP contribution is 2.16. The van der Waals surface area contributed by atoms with Crippen LogP contribution in [0.4, 0.5) is 5.69 Å². The standard InChI is InChI=1S/C14H16N2O2/c1-9-3-4-11(7-10(9)2)16-14(17)13-6-5-12(8-15)18-13/h3-7H,8,15H2,1-2H3,(H,16,17). The quantitative estimate of drug-likeness (QED) is 0.872. The molecule has 18 heavy (non-hydrogen) atoms. The van der Waals surface area contributed by atoms with Crippen LogP contribution in [0.2, 0.25) is 0 Å². The van der Waals surface area contributed by atoms with Crippen molar-refractivity contribution >= 4 is 11.6 Å². The summed E-state index contributed by atoms with van der Waals surface area (Å²) in [7, 11) is 0. The number of hydrogen-bond donors (Lipinski definition) is 2. The van der Waals surface area contributed by atoms with E-state index in [9.17, 15) is 4.79 Å². The maximum atomic E-state index is 11.9. The van der Waals surface area contributed by atoms with E-state index in [1.807, 2.05) is 32.0 Å². The van der Waals surface area contributed by atoms with E-state index < -0.39 is 0 Å². The lowest BCUT2D eigenvalue weighted by Crippen LogP contribution is -2.11. The molecule has 0 unspecified atom stereocenters. The molecule has 0 aliphatic carbocycles. The summed E-state index contributed by atoms with van der Waals surface area (Å²) in [6.45, 7) is 4.32. The Bertz CT molecular complexity index is 573. The number of aryl methyl sites for hydroxylation is 2. The van der Waals surface area contributed by atoms with Gasteiger partial charge in [0, 0.05) is 5.69 Å². The number of nitrogens with two attached hydrogens (primary N) is 1. The first-order chi connectivity index (χ1) is 8.60. The highest BCUT2D eigenvalue weighted by Gasteiger charge is 2.11. The first kappa shape index (κ1) is 12.4. The minimum Gasteiger partial charge on any atom is -0.455 e. The molecule has 0 spiro atoms. The Morgan fingerprint density at radius 2 is 2.00 bits per heavy atom. The molecule has 0 saturated heterocycles. The van der Waals surface area contributed by atoms with Crippen LogP contribution in [0.15, 0.2) is 34.7 Å². The van der Waals surface area contributed by atoms with Crippen molar-refractivity contribution in [1.29, 1.82) is 0 Å². The summed E-state index contributed by atoms with van der Waals surface area (Å²) < 4.78 is 5.28. The molecule has 4 heteroatoms. The highest BCUT2D eigenvalue weighted by atomic mass is 16.4. The summed E-state index contributed by atoms with van der Waals surface area (Å²) in [5.41, 5.74) is 8.51. The molecular formula is C14H16N2O2. The molecule has 0 radical (unpaired) electrons. The molecule has 2 rings (SSSR count). The van der Waals surface area contributed by atoms with Crippen LogP contribution >= 0.6 is 0 Å². The predicted octanol–water partition coefficient (Wildman–Crippen LogP) is 2.61. The van der Waals surface area contributed by atoms with Crippen molar-refractivity contribution in [3.05, 3.63) is 53.0 Å². The number of rotatable bonds is 3. The second-order valence-corrected chi connectivity index (χ2v) is 4.22. The Morgan fingerprint density at radius 3 is 2.61 bits per heavy atom. The minimum absolute atomic E-state index is 0.266. The van der Waals surface area contributed by atoms with E-state index in [4.69, 9.17) is 10.2 Å². The van der Waals surface area contributed by atoms with E-state index in [-0.39, 0.29) is 18.2 Å². The van der Waals surface area contributed by atoms with Crippen LogP contribution in [-0.2, 0) is 6.54 Å². The molecule has 2 aromatic rings. The molecule has 94 valence electrons. The zero-order chi connectivity index (χ0) is 13.1. The Labute approximate surface area is 106 Å². The van der Waals surface area contributed by atoms with Crippen molar-refractivity contribution < 1.29 is 9.21 Å². The van der Waals surface area contributed by atoms with Gasteiger partial charge in [0.1, 0.15) is 5.76 Å². The van der Waals surface area contributed by atoms with Crippen LogP contribution in [0.5, 0.6) is 0 Å². The molecule has 0 aliphatic rings. The van der Waals surface area contributed by atoms with Crippen molar-refractivity contribution in [2.75, 3.05) is 5.32 Å². The molecule has 1 aromatic heterocycles. The molecule has 0 fully saturated rings. The number of nitrogens with one attached hydrogen (secondary N) is 1. The molecule has 1 heterocycles. The first-order valence-corrected chi connectivity index (χ1v) is 5.77. The largest absolute Gasteiger partial charge is 0.455 e. The number of hydrogen-bond acceptors (Lipinski definition) is 3. The monoisotopic (exact) mass is 244 g/mol. The van der Waals surface area contributed by atoms with Gasteiger partial charge >= 0.3 is 0 Å². The van der Waals surface area contributed by atoms with Crippen molar-refractivity contribution in [1.82, 2.24) is 0 Å². The molecule has 0 bridgehead atoms. The number of anilines is 1. The summed E-state index contributed by atoms with van der Waals surface area (Å²) in [5, 5.41) is 2.79. The molecule has 0 aliphatic heterocycles. The molecule has 4 nitrogen and oxygen atoms in total. The molecule has 1 aromatic carbocycles. The topological polar surface area (TPSA) is 68.3 Å². The average molecular weight is 244 g/mol. The Balaban J connectivity index is 2.13. The van der Waals surface area contributed by atoms with E-state index in [1.165, 1.54) is 5.56 Å². The second-order valence-electron chi connectivity index (χ2n) is 4.22. The summed E-state index contributed by atoms with van der Waals surface area (Å²) in [5.74, 6) is 0.604. The van der Waals surface area contributed by atoms with E-state index in [1.54, 1.807) is 12.1 Å². The fourth-order valence-electron chi connectivity index (χ4n) is 1.62. The SMILES string of the molecule is Cc1ccc(NC(=O)c2ccc(CN)o2)cc1C. The third-order valence-corrected chi connectivity index (χ3v) is 2.85. The summed E-state index contributed by atoms with van der Waals surface area (Å²) in [4.78, 5) is 11.9. The van der Waals surface area contributed by atoms with Crippen molar-refractivity contribution in [2.45, 2.75) is 20.4 Å². The van der Waals surface area contributed by atoms with Crippen molar-refractivity contribution in [2.24, 2.45) is 5.73 Å². The Morgan fingerprint density at radius 1 is 1.22 bits per heavy atom. The number of furan rings is 1. The van der Waals surface area contributed by atoms with E-state index in [0.29, 0.717) is 5.76 Å². The van der Waals surface area contributed by atoms with Gasteiger partial charge in [-0.05, 0) is 49.2 Å². The van der Waals surface area contributed by atoms with E-state index in [2.05, 4.69) is 5.32 Å². The second kappa shape index (κ2) is 5.06. The number of amides is 1. The predicted molar refractivity (Wildman–Crippen MR) is 70.5 cm³/mol. The third kappa shape index (κ3) is 2.60. The maximum absolute atomic E-state index is 11.9. The Kier molecular flexibility index (Phi) is 3.48. The molecule has 3 N–H and O–H groups in total. The molecular weight excluding hydrogens is 228 g/mol. The van der Waals surface area contributed by atoms with Crippen molar-refractivity contribution in [3.63, 3.8) is 0 Å². The van der Waals surface area contributed by atoms with Crippen LogP contribution in [0.3, 0.4) is 0 Å². The molecule has 1 amide bonds. The number of benzene rings is 1. The fraction of sp³-hybridized carbons (Fsp3) is 0.214. The van der Waals surface area contributed by atoms with Gasteiger partial charge in [0.2, 0.25) is 0 Å². The van der Waals surface area contributed by atoms with Gasteiger partial charge in [0.25, 0.3) is 5.91 Å². The van der Waals surface area contributed by atoms with Gasteiger partial charge in [0.15, 0.2) is 5.76 Å². The lowest BCUT2D eigenvalue weighted by Gasteiger charge is -2.06. The van der Waals surface area contributed by atoms with Crippen LogP contribution < -0.4 is 11.1 Å². The highest BCUT2D eigenvalue weighted by molar-refractivity contribution is 6.02. The molecule has 0 saturated carbocycles. The number of carbonyl (C=O) groups excluding carboxylic acids is 1. The van der Waals surface area contributed by atoms with Crippen LogP contribution in [-0.4, -0.2) is 5.91 Å². The summed E-state index contributed by atoms with van der Waals surface area (Å²) >= 11 is 0. The minimum atomic E-state index is -0.266. The maximum Gasteiger partial charge on any atom is 0.291 e. The lowest BCUT2D eigenvalue weighted by molar-refractivity contribution is 0.0995. The van der Waals surface area contributed by atoms with Crippen molar-refractivity contribution in [3.8, 4) is 0 Å². The van der Waals surface area contributed by atoms with Crippen LogP contribution in [0, 0.1) is 13.8 Å². The van der Waals surface area contributed by atoms with Gasteiger partial charge in [-0.3, -0.25) is 4.79 Å². The van der Waals surface area contributed by atoms with Gasteiger partial charge in [0.05, 0.1) is 6.54 Å². The number of carbonyl (C=O) groups is 1. The normalized spacial score (nSPS) is 10.4. The van der Waals surface area contributed by atoms with Gasteiger partial charge in [-0.25, -0.2) is 0 Å². The van der Waals surface area contributed by atoms with Crippen LogP contribution in [0.1, 0.15) is 27.4 Å². The van der Waals surface area contributed by atoms with Gasteiger partial charge in [-0.1, -0.05) is 6.07 Å². The van der Waals surface area contributed by atoms with E-state index in [0.717, 1.165) is 11.3 Å². The lowest BCUT2D eigenvalue weighted by atomic mass is 10.1. The average Bonchev–Trinajstić information content (AvgIpc) is 2.82. The third-order valence-electron chi connectivity index (χ3n) is 2.85. The zero-order valence-electron chi connectivity index (χ0n) is 10.5. The summed E-state index contributed by atoms with van der Waals surface area (Å²) in [6, 6.07) is 9.10. The van der Waals surface area contributed by atoms with E-state index >= 15 is 0 Å². The van der Waals surface area contributed by atoms with Gasteiger partial charge in [-0.15, -0.1) is 0 Å². The summed E-state index contributed by atoms with van der Waals surface area (Å²) in [6.07, 6.45) is 0. The van der Waals surface area contributed by atoms with Gasteiger partial charge in [-0.2, -0.15) is 0 Å². The zero-order valence-corrected chi connectivity index (χ0v) is 10.5. The smallest absolute Gasteiger partial charge is 0.291 e. The van der Waals surface area contributed by atoms with Gasteiger partial charge < -0.3 is 15.5 Å². The van der Waals surface area contributed by atoms with Crippen LogP contribution in [0.25, 0.3) is 0 Å². The molecule has 0 atom stereocenters. The fourth-order valence-corrected chi connectivity index (χ4v) is 1.62. The first-order valence-electron chi connectivity index (χ1n) is 5.77.